The fraction of sp³-hybridized carbons (Fsp3) is 0.310. The molecular formula is C29H32N2O3. The average molecular weight is 457 g/mol. The van der Waals surface area contributed by atoms with Crippen molar-refractivity contribution in [2.75, 3.05) is 13.1 Å². The Morgan fingerprint density at radius 1 is 0.882 bits per heavy atom. The molecule has 0 bridgehead atoms. The lowest BCUT2D eigenvalue weighted by Gasteiger charge is -2.53. The number of hydrogen-bond donors (Lipinski definition) is 1. The molecule has 5 heteroatoms. The van der Waals surface area contributed by atoms with Crippen molar-refractivity contribution in [3.05, 3.63) is 108 Å². The average Bonchev–Trinajstić information content (AvgIpc) is 2.90. The molecule has 1 saturated heterocycles. The van der Waals surface area contributed by atoms with Crippen LogP contribution < -0.4 is 5.73 Å². The molecule has 3 aromatic carbocycles. The Kier molecular flexibility index (Phi) is 7.01. The smallest absolute Gasteiger partial charge is 0.410 e. The molecule has 1 unspecified atom stereocenters. The Hall–Kier alpha value is -3.60. The first-order valence-corrected chi connectivity index (χ1v) is 11.9. The lowest BCUT2D eigenvalue weighted by molar-refractivity contribution is -0.128. The summed E-state index contributed by atoms with van der Waals surface area (Å²) in [6.45, 7) is 3.25. The third kappa shape index (κ3) is 4.18. The van der Waals surface area contributed by atoms with Crippen LogP contribution in [0.25, 0.3) is 0 Å². The fourth-order valence-electron chi connectivity index (χ4n) is 5.69. The molecule has 2 amide bonds. The molecule has 0 radical (unpaired) electrons. The van der Waals surface area contributed by atoms with Crippen LogP contribution in [0.3, 0.4) is 0 Å². The predicted octanol–water partition coefficient (Wildman–Crippen LogP) is 5.19. The van der Waals surface area contributed by atoms with E-state index in [0.717, 1.165) is 16.7 Å². The maximum atomic E-state index is 13.3. The van der Waals surface area contributed by atoms with Crippen LogP contribution >= 0.6 is 0 Å². The first-order chi connectivity index (χ1) is 16.5. The van der Waals surface area contributed by atoms with E-state index < -0.39 is 10.8 Å². The van der Waals surface area contributed by atoms with E-state index in [1.165, 1.54) is 0 Å². The largest absolute Gasteiger partial charge is 0.445 e. The van der Waals surface area contributed by atoms with E-state index >= 15 is 0 Å². The summed E-state index contributed by atoms with van der Waals surface area (Å²) in [6, 6.07) is 29.7. The van der Waals surface area contributed by atoms with Crippen LogP contribution in [-0.4, -0.2) is 30.0 Å². The van der Waals surface area contributed by atoms with E-state index in [-0.39, 0.29) is 18.6 Å². The van der Waals surface area contributed by atoms with Crippen LogP contribution in [0.4, 0.5) is 4.79 Å². The maximum absolute atomic E-state index is 13.3. The molecule has 34 heavy (non-hydrogen) atoms. The Bertz CT molecular complexity index is 1090. The number of carbonyl (C=O) groups is 2. The van der Waals surface area contributed by atoms with E-state index in [0.29, 0.717) is 32.4 Å². The predicted molar refractivity (Wildman–Crippen MR) is 133 cm³/mol. The Labute approximate surface area is 201 Å². The van der Waals surface area contributed by atoms with Gasteiger partial charge in [0.25, 0.3) is 0 Å². The third-order valence-electron chi connectivity index (χ3n) is 7.44. The Morgan fingerprint density at radius 3 is 1.94 bits per heavy atom. The van der Waals surface area contributed by atoms with E-state index in [1.807, 2.05) is 85.8 Å². The number of likely N-dealkylation sites (tertiary alicyclic amines) is 1. The number of nitrogens with zero attached hydrogens (tertiary/aromatic N) is 1. The lowest BCUT2D eigenvalue weighted by atomic mass is 9.51. The van der Waals surface area contributed by atoms with E-state index in [1.54, 1.807) is 4.90 Å². The van der Waals surface area contributed by atoms with E-state index in [2.05, 4.69) is 12.1 Å². The molecule has 0 aliphatic carbocycles. The number of hydrogen-bond acceptors (Lipinski definition) is 3. The van der Waals surface area contributed by atoms with Gasteiger partial charge in [0, 0.05) is 18.5 Å². The highest BCUT2D eigenvalue weighted by Crippen LogP contribution is 2.52. The summed E-state index contributed by atoms with van der Waals surface area (Å²) in [5, 5.41) is 0. The normalized spacial score (nSPS) is 16.9. The molecule has 1 heterocycles. The number of primary amides is 1. The van der Waals surface area contributed by atoms with E-state index in [9.17, 15) is 9.59 Å². The number of ether oxygens (including phenoxy) is 1. The molecule has 1 aliphatic heterocycles. The van der Waals surface area contributed by atoms with Crippen molar-refractivity contribution in [3.8, 4) is 0 Å². The Balaban J connectivity index is 1.65. The molecule has 0 saturated carbocycles. The highest BCUT2D eigenvalue weighted by atomic mass is 16.6. The van der Waals surface area contributed by atoms with Crippen LogP contribution in [0.1, 0.15) is 42.9 Å². The van der Waals surface area contributed by atoms with Crippen LogP contribution in [0, 0.1) is 0 Å². The number of rotatable bonds is 7. The van der Waals surface area contributed by atoms with Gasteiger partial charge in [0.2, 0.25) is 5.91 Å². The molecule has 1 atom stereocenters. The van der Waals surface area contributed by atoms with Gasteiger partial charge in [-0.1, -0.05) is 97.9 Å². The standard InChI is InChI=1S/C29H32N2O3/c1-2-29(26(30)32,25-16-10-5-11-17-25)28(24-14-8-4-9-15-24)18-20-31(21-19-28)27(33)34-22-23-12-6-3-7-13-23/h3-17H,2,18-22H2,1H3,(H2,30,32). The van der Waals surface area contributed by atoms with Crippen molar-refractivity contribution < 1.29 is 14.3 Å². The zero-order valence-corrected chi connectivity index (χ0v) is 19.7. The second-order valence-electron chi connectivity index (χ2n) is 8.96. The lowest BCUT2D eigenvalue weighted by Crippen LogP contribution is -2.61. The quantitative estimate of drug-likeness (QED) is 0.532. The van der Waals surface area contributed by atoms with E-state index in [4.69, 9.17) is 10.5 Å². The minimum Gasteiger partial charge on any atom is -0.445 e. The summed E-state index contributed by atoms with van der Waals surface area (Å²) < 4.78 is 5.58. The molecular weight excluding hydrogens is 424 g/mol. The summed E-state index contributed by atoms with van der Waals surface area (Å²) in [6.07, 6.45) is 1.47. The third-order valence-corrected chi connectivity index (χ3v) is 7.44. The molecule has 0 aromatic heterocycles. The highest BCUT2D eigenvalue weighted by molar-refractivity contribution is 5.89. The number of piperidine rings is 1. The second kappa shape index (κ2) is 10.1. The van der Waals surface area contributed by atoms with Crippen LogP contribution in [0.2, 0.25) is 0 Å². The molecule has 176 valence electrons. The topological polar surface area (TPSA) is 72.6 Å². The van der Waals surface area contributed by atoms with Gasteiger partial charge in [0.1, 0.15) is 6.61 Å². The molecule has 3 aromatic rings. The summed E-state index contributed by atoms with van der Waals surface area (Å²) in [4.78, 5) is 27.9. The molecule has 1 aliphatic rings. The summed E-state index contributed by atoms with van der Waals surface area (Å²) >= 11 is 0. The van der Waals surface area contributed by atoms with Crippen molar-refractivity contribution in [1.82, 2.24) is 4.90 Å². The zero-order valence-electron chi connectivity index (χ0n) is 19.7. The highest BCUT2D eigenvalue weighted by Gasteiger charge is 2.57. The van der Waals surface area contributed by atoms with Crippen LogP contribution in [-0.2, 0) is 27.0 Å². The molecule has 2 N–H and O–H groups in total. The van der Waals surface area contributed by atoms with Gasteiger partial charge in [-0.05, 0) is 36.0 Å². The van der Waals surface area contributed by atoms with Gasteiger partial charge in [0.05, 0.1) is 5.41 Å². The first kappa shape index (κ1) is 23.6. The molecule has 1 fully saturated rings. The monoisotopic (exact) mass is 456 g/mol. The summed E-state index contributed by atoms with van der Waals surface area (Å²) in [5.74, 6) is -0.329. The number of amides is 2. The fourth-order valence-corrected chi connectivity index (χ4v) is 5.69. The van der Waals surface area contributed by atoms with Gasteiger partial charge in [-0.25, -0.2) is 4.79 Å². The Morgan fingerprint density at radius 2 is 1.41 bits per heavy atom. The van der Waals surface area contributed by atoms with Crippen molar-refractivity contribution in [1.29, 1.82) is 0 Å². The second-order valence-corrected chi connectivity index (χ2v) is 8.96. The summed E-state index contributed by atoms with van der Waals surface area (Å²) in [7, 11) is 0. The number of nitrogens with two attached hydrogens (primary N) is 1. The number of benzene rings is 3. The van der Waals surface area contributed by atoms with Gasteiger partial charge in [0.15, 0.2) is 0 Å². The maximum Gasteiger partial charge on any atom is 0.410 e. The molecule has 5 nitrogen and oxygen atoms in total. The minimum absolute atomic E-state index is 0.240. The van der Waals surface area contributed by atoms with Crippen LogP contribution in [0.15, 0.2) is 91.0 Å². The minimum atomic E-state index is -0.893. The summed E-state index contributed by atoms with van der Waals surface area (Å²) in [5.41, 5.74) is 7.76. The number of carbonyl (C=O) groups excluding carboxylic acids is 2. The zero-order chi connectivity index (χ0) is 24.0. The van der Waals surface area contributed by atoms with Crippen molar-refractivity contribution in [2.45, 2.75) is 43.6 Å². The van der Waals surface area contributed by atoms with Gasteiger partial charge >= 0.3 is 6.09 Å². The van der Waals surface area contributed by atoms with Crippen molar-refractivity contribution in [3.63, 3.8) is 0 Å². The van der Waals surface area contributed by atoms with Crippen molar-refractivity contribution >= 4 is 12.0 Å². The van der Waals surface area contributed by atoms with Gasteiger partial charge in [-0.3, -0.25) is 4.79 Å². The van der Waals surface area contributed by atoms with Gasteiger partial charge < -0.3 is 15.4 Å². The molecule has 0 spiro atoms. The van der Waals surface area contributed by atoms with Crippen LogP contribution in [0.5, 0.6) is 0 Å². The van der Waals surface area contributed by atoms with Gasteiger partial charge in [-0.15, -0.1) is 0 Å². The van der Waals surface area contributed by atoms with Gasteiger partial charge in [-0.2, -0.15) is 0 Å². The molecule has 4 rings (SSSR count). The first-order valence-electron chi connectivity index (χ1n) is 11.9. The van der Waals surface area contributed by atoms with Crippen molar-refractivity contribution in [2.24, 2.45) is 5.73 Å². The SMILES string of the molecule is CCC(C(N)=O)(c1ccccc1)C1(c2ccccc2)CCN(C(=O)OCc2ccccc2)CC1.